The molecule has 2 heterocycles. The number of nitrogens with one attached hydrogen (secondary N) is 3. The van der Waals surface area contributed by atoms with Crippen LogP contribution in [0.3, 0.4) is 0 Å². The molecule has 3 N–H and O–H groups in total. The summed E-state index contributed by atoms with van der Waals surface area (Å²) in [5, 5.41) is 13.9. The van der Waals surface area contributed by atoms with Gasteiger partial charge in [0.1, 0.15) is 23.2 Å². The summed E-state index contributed by atoms with van der Waals surface area (Å²) in [6.45, 7) is 2.95. The Kier molecular flexibility index (Phi) is 9.95. The van der Waals surface area contributed by atoms with Gasteiger partial charge in [-0.3, -0.25) is 19.8 Å². The van der Waals surface area contributed by atoms with Crippen LogP contribution in [0.25, 0.3) is 0 Å². The third-order valence-corrected chi connectivity index (χ3v) is 7.08. The fourth-order valence-electron chi connectivity index (χ4n) is 4.60. The first-order valence-electron chi connectivity index (χ1n) is 13.4. The number of rotatable bonds is 8. The number of aromatic nitrogens is 1. The highest BCUT2D eigenvalue weighted by Gasteiger charge is 2.28. The summed E-state index contributed by atoms with van der Waals surface area (Å²) >= 11 is 6.20. The zero-order valence-electron chi connectivity index (χ0n) is 23.5. The lowest BCUT2D eigenvalue weighted by atomic mass is 9.96. The van der Waals surface area contributed by atoms with Crippen LogP contribution in [0, 0.1) is 29.5 Å². The van der Waals surface area contributed by atoms with Crippen molar-refractivity contribution < 1.29 is 28.2 Å². The molecule has 1 aromatic heterocycles. The summed E-state index contributed by atoms with van der Waals surface area (Å²) in [4.78, 5) is 44.2. The molecular formula is C31H29ClFN5O5. The first-order valence-corrected chi connectivity index (χ1v) is 13.8. The largest absolute Gasteiger partial charge is 0.494 e. The normalized spacial score (nSPS) is 13.0. The lowest BCUT2D eigenvalue weighted by Gasteiger charge is -2.32. The van der Waals surface area contributed by atoms with Gasteiger partial charge < -0.3 is 25.0 Å². The highest BCUT2D eigenvalue weighted by atomic mass is 35.5. The molecule has 222 valence electrons. The fraction of sp³-hybridized carbons (Fsp3) is 0.258. The lowest BCUT2D eigenvalue weighted by Crippen LogP contribution is -2.40. The molecule has 1 saturated heterocycles. The molecule has 2 aromatic carbocycles. The van der Waals surface area contributed by atoms with Crippen LogP contribution in [0.5, 0.6) is 5.75 Å². The number of halogens is 2. The van der Waals surface area contributed by atoms with Gasteiger partial charge in [-0.2, -0.15) is 0 Å². The van der Waals surface area contributed by atoms with E-state index in [9.17, 15) is 14.4 Å². The van der Waals surface area contributed by atoms with Crippen molar-refractivity contribution >= 4 is 46.7 Å². The zero-order valence-corrected chi connectivity index (χ0v) is 24.3. The third kappa shape index (κ3) is 7.28. The first-order chi connectivity index (χ1) is 20.6. The summed E-state index contributed by atoms with van der Waals surface area (Å²) < 4.78 is 25.7. The zero-order chi connectivity index (χ0) is 31.1. The van der Waals surface area contributed by atoms with E-state index in [0.717, 1.165) is 6.07 Å². The second-order valence-corrected chi connectivity index (χ2v) is 10.0. The Bertz CT molecular complexity index is 1600. The van der Waals surface area contributed by atoms with Gasteiger partial charge >= 0.3 is 5.97 Å². The summed E-state index contributed by atoms with van der Waals surface area (Å²) in [7, 11) is 1.33. The molecule has 1 aliphatic heterocycles. The number of hydrogen-bond donors (Lipinski definition) is 3. The van der Waals surface area contributed by atoms with Crippen molar-refractivity contribution in [2.24, 2.45) is 5.92 Å². The Morgan fingerprint density at radius 2 is 1.84 bits per heavy atom. The van der Waals surface area contributed by atoms with Crippen LogP contribution in [0.2, 0.25) is 5.02 Å². The topological polar surface area (TPSA) is 134 Å². The molecule has 0 bridgehead atoms. The van der Waals surface area contributed by atoms with Crippen LogP contribution in [0.1, 0.15) is 51.6 Å². The molecule has 0 aliphatic carbocycles. The monoisotopic (exact) mass is 605 g/mol. The van der Waals surface area contributed by atoms with E-state index in [2.05, 4.69) is 21.5 Å². The van der Waals surface area contributed by atoms with Crippen molar-refractivity contribution in [3.8, 4) is 18.1 Å². The number of esters is 1. The van der Waals surface area contributed by atoms with Crippen LogP contribution >= 0.6 is 11.6 Å². The highest BCUT2D eigenvalue weighted by Crippen LogP contribution is 2.34. The summed E-state index contributed by atoms with van der Waals surface area (Å²) in [6, 6.07) is 9.68. The van der Waals surface area contributed by atoms with Crippen LogP contribution < -0.4 is 15.4 Å². The molecule has 4 rings (SSSR count). The van der Waals surface area contributed by atoms with Gasteiger partial charge in [-0.1, -0.05) is 23.6 Å². The summed E-state index contributed by atoms with van der Waals surface area (Å²) in [5.41, 5.74) is 0.404. The molecule has 3 aromatic rings. The van der Waals surface area contributed by atoms with E-state index in [1.54, 1.807) is 17.9 Å². The third-order valence-electron chi connectivity index (χ3n) is 6.86. The molecule has 0 spiro atoms. The number of amides is 2. The summed E-state index contributed by atoms with van der Waals surface area (Å²) in [6.07, 6.45) is 7.80. The van der Waals surface area contributed by atoms with E-state index in [4.69, 9.17) is 32.9 Å². The number of anilines is 2. The van der Waals surface area contributed by atoms with Crippen molar-refractivity contribution in [3.63, 3.8) is 0 Å². The molecule has 43 heavy (non-hydrogen) atoms. The molecule has 12 heteroatoms. The Labute approximate surface area is 253 Å². The van der Waals surface area contributed by atoms with Gasteiger partial charge in [0, 0.05) is 41.5 Å². The van der Waals surface area contributed by atoms with E-state index < -0.39 is 17.6 Å². The number of benzene rings is 2. The molecule has 0 unspecified atom stereocenters. The SMILES string of the molecule is C#Cc1ccc(NC(=O)c2cc(Cl)cc(OC)c2NC(=O)c2ccc(C(=N)N3CCC(C(=O)OCC)CC3)cc2F)nc1. The number of pyridine rings is 1. The molecular weight excluding hydrogens is 577 g/mol. The van der Waals surface area contributed by atoms with Crippen molar-refractivity contribution in [2.45, 2.75) is 19.8 Å². The summed E-state index contributed by atoms with van der Waals surface area (Å²) in [5.74, 6) is -0.0582. The molecule has 0 radical (unpaired) electrons. The number of carbonyl (C=O) groups excluding carboxylic acids is 3. The Hall–Kier alpha value is -4.95. The smallest absolute Gasteiger partial charge is 0.309 e. The Morgan fingerprint density at radius 1 is 1.12 bits per heavy atom. The predicted octanol–water partition coefficient (Wildman–Crippen LogP) is 4.97. The van der Waals surface area contributed by atoms with E-state index in [1.807, 2.05) is 0 Å². The number of amidine groups is 1. The predicted molar refractivity (Wildman–Crippen MR) is 160 cm³/mol. The van der Waals surface area contributed by atoms with Gasteiger partial charge in [0.2, 0.25) is 0 Å². The van der Waals surface area contributed by atoms with Gasteiger partial charge in [0.25, 0.3) is 11.8 Å². The van der Waals surface area contributed by atoms with Crippen molar-refractivity contribution in [1.29, 1.82) is 5.41 Å². The minimum absolute atomic E-state index is 0.0321. The number of likely N-dealkylation sites (tertiary alicyclic amines) is 1. The maximum atomic E-state index is 15.2. The lowest BCUT2D eigenvalue weighted by molar-refractivity contribution is -0.149. The molecule has 1 aliphatic rings. The minimum Gasteiger partial charge on any atom is -0.494 e. The van der Waals surface area contributed by atoms with Crippen molar-refractivity contribution in [2.75, 3.05) is 37.4 Å². The minimum atomic E-state index is -0.863. The number of ether oxygens (including phenoxy) is 2. The average molecular weight is 606 g/mol. The number of methoxy groups -OCH3 is 1. The quantitative estimate of drug-likeness (QED) is 0.143. The first kappa shape index (κ1) is 31.0. The van der Waals surface area contributed by atoms with Gasteiger partial charge in [-0.05, 0) is 50.1 Å². The number of hydrogen-bond acceptors (Lipinski definition) is 7. The molecule has 2 amide bonds. The maximum Gasteiger partial charge on any atom is 0.309 e. The Morgan fingerprint density at radius 3 is 2.44 bits per heavy atom. The van der Waals surface area contributed by atoms with Crippen LogP contribution in [0.15, 0.2) is 48.7 Å². The Balaban J connectivity index is 1.51. The number of terminal acetylenes is 1. The standard InChI is InChI=1S/C31H29ClFN5O5/c1-4-18-6-9-26(35-17-18)36-30(40)23-15-21(32)16-25(42-3)27(23)37-29(39)22-8-7-20(14-24(22)33)28(34)38-12-10-19(11-13-38)31(41)43-5-2/h1,6-9,14-17,19,34H,5,10-13H2,2-3H3,(H,37,39)(H,35,36,40). The highest BCUT2D eigenvalue weighted by molar-refractivity contribution is 6.31. The van der Waals surface area contributed by atoms with Crippen molar-refractivity contribution in [3.05, 3.63) is 81.8 Å². The van der Waals surface area contributed by atoms with E-state index in [1.165, 1.54) is 43.6 Å². The second kappa shape index (κ2) is 13.8. The number of nitrogens with zero attached hydrogens (tertiary/aromatic N) is 2. The van der Waals surface area contributed by atoms with Gasteiger partial charge in [-0.25, -0.2) is 9.37 Å². The second-order valence-electron chi connectivity index (χ2n) is 9.57. The van der Waals surface area contributed by atoms with Crippen LogP contribution in [0.4, 0.5) is 15.9 Å². The molecule has 1 fully saturated rings. The van der Waals surface area contributed by atoms with Gasteiger partial charge in [0.15, 0.2) is 0 Å². The van der Waals surface area contributed by atoms with Crippen LogP contribution in [-0.4, -0.2) is 60.3 Å². The average Bonchev–Trinajstić information content (AvgIpc) is 3.01. The molecule has 0 saturated carbocycles. The van der Waals surface area contributed by atoms with E-state index >= 15 is 4.39 Å². The maximum absolute atomic E-state index is 15.2. The van der Waals surface area contributed by atoms with Crippen molar-refractivity contribution in [1.82, 2.24) is 9.88 Å². The number of piperidine rings is 1. The van der Waals surface area contributed by atoms with Gasteiger partial charge in [0.05, 0.1) is 36.4 Å². The molecule has 10 nitrogen and oxygen atoms in total. The molecule has 0 atom stereocenters. The van der Waals surface area contributed by atoms with E-state index in [-0.39, 0.29) is 56.7 Å². The number of carbonyl (C=O) groups is 3. The fourth-order valence-corrected chi connectivity index (χ4v) is 4.80. The van der Waals surface area contributed by atoms with E-state index in [0.29, 0.717) is 38.1 Å². The van der Waals surface area contributed by atoms with Crippen LogP contribution in [-0.2, 0) is 9.53 Å². The van der Waals surface area contributed by atoms with Gasteiger partial charge in [-0.15, -0.1) is 6.42 Å².